The monoisotopic (exact) mass is 174 g/mol. The Hall–Kier alpha value is -0.770. The number of carbonyl (C=O) groups is 2. The number of hydrogen-bond donors (Lipinski definition) is 2. The number of carbonyl (C=O) groups excluding carboxylic acids is 1. The first kappa shape index (κ1) is 10.2. The van der Waals surface area contributed by atoms with Crippen LogP contribution in [0.25, 0.3) is 0 Å². The molecule has 0 rings (SSSR count). The lowest BCUT2D eigenvalue weighted by molar-refractivity contribution is -0.140. The first-order chi connectivity index (χ1) is 5.16. The quantitative estimate of drug-likeness (QED) is 0.487. The van der Waals surface area contributed by atoms with E-state index in [1.165, 1.54) is 5.41 Å². The molecule has 0 aliphatic heterocycles. The van der Waals surface area contributed by atoms with Gasteiger partial charge in [0.2, 0.25) is 0 Å². The Labute approximate surface area is 70.5 Å². The van der Waals surface area contributed by atoms with Gasteiger partial charge in [-0.15, -0.1) is 0 Å². The second kappa shape index (κ2) is 5.97. The number of Topliss-reactive ketones (excluding diaryl/α,β-unsaturated/α-hetero) is 1. The fourth-order valence-corrected chi connectivity index (χ4v) is 0.725. The molecule has 0 unspecified atom stereocenters. The van der Waals surface area contributed by atoms with Gasteiger partial charge in [-0.25, -0.2) is 0 Å². The summed E-state index contributed by atoms with van der Waals surface area (Å²) < 4.78 is 0. The Balaban J connectivity index is 3.45. The van der Waals surface area contributed by atoms with E-state index in [-0.39, 0.29) is 18.6 Å². The highest BCUT2D eigenvalue weighted by atomic mass is 32.1. The molecular formula is C7H10O3S. The Kier molecular flexibility index (Phi) is 5.56. The van der Waals surface area contributed by atoms with Gasteiger partial charge in [0.05, 0.1) is 0 Å². The fourth-order valence-electron chi connectivity index (χ4n) is 0.576. The van der Waals surface area contributed by atoms with Crippen molar-refractivity contribution in [1.29, 1.82) is 0 Å². The molecule has 0 aliphatic carbocycles. The first-order valence-corrected chi connectivity index (χ1v) is 3.71. The summed E-state index contributed by atoms with van der Waals surface area (Å²) in [6.45, 7) is 0. The van der Waals surface area contributed by atoms with Crippen LogP contribution < -0.4 is 0 Å². The van der Waals surface area contributed by atoms with E-state index < -0.39 is 5.97 Å². The van der Waals surface area contributed by atoms with Crippen molar-refractivity contribution in [2.24, 2.45) is 0 Å². The highest BCUT2D eigenvalue weighted by Gasteiger charge is 2.05. The number of carboxylic acids is 1. The molecule has 0 aliphatic rings. The molecule has 0 fully saturated rings. The second-order valence-corrected chi connectivity index (χ2v) is 2.33. The molecule has 0 radical (unpaired) electrons. The molecule has 11 heavy (non-hydrogen) atoms. The minimum absolute atomic E-state index is 0.246. The van der Waals surface area contributed by atoms with Crippen LogP contribution >= 0.6 is 12.6 Å². The van der Waals surface area contributed by atoms with Crippen molar-refractivity contribution in [2.45, 2.75) is 19.3 Å². The smallest absolute Gasteiger partial charge is 0.310 e. The van der Waals surface area contributed by atoms with Crippen LogP contribution in [0.4, 0.5) is 0 Å². The molecule has 4 heteroatoms. The van der Waals surface area contributed by atoms with E-state index >= 15 is 0 Å². The van der Waals surface area contributed by atoms with Crippen LogP contribution in [0, 0.1) is 0 Å². The lowest BCUT2D eigenvalue weighted by Crippen LogP contribution is -2.05. The Morgan fingerprint density at radius 2 is 2.09 bits per heavy atom. The number of aliphatic carboxylic acids is 1. The van der Waals surface area contributed by atoms with E-state index in [1.807, 2.05) is 0 Å². The summed E-state index contributed by atoms with van der Waals surface area (Å²) in [6, 6.07) is 0. The molecular weight excluding hydrogens is 164 g/mol. The van der Waals surface area contributed by atoms with Gasteiger partial charge in [-0.3, -0.25) is 9.59 Å². The number of thiol groups is 1. The van der Waals surface area contributed by atoms with Crippen LogP contribution in [-0.2, 0) is 9.59 Å². The molecule has 0 aromatic heterocycles. The molecule has 1 N–H and O–H groups in total. The molecule has 0 aromatic rings. The lowest BCUT2D eigenvalue weighted by atomic mass is 10.2. The second-order valence-electron chi connectivity index (χ2n) is 2.03. The van der Waals surface area contributed by atoms with Gasteiger partial charge in [-0.1, -0.05) is 6.08 Å². The van der Waals surface area contributed by atoms with Gasteiger partial charge in [0.1, 0.15) is 12.2 Å². The minimum Gasteiger partial charge on any atom is -0.481 e. The number of allylic oxidation sites excluding steroid dienone is 1. The molecule has 0 aromatic carbocycles. The predicted octanol–water partition coefficient (Wildman–Crippen LogP) is 1.25. The summed E-state index contributed by atoms with van der Waals surface area (Å²) in [4.78, 5) is 20.7. The molecule has 0 saturated heterocycles. The average molecular weight is 174 g/mol. The normalized spacial score (nSPS) is 10.3. The number of hydrogen-bond acceptors (Lipinski definition) is 3. The molecule has 0 amide bonds. The van der Waals surface area contributed by atoms with Crippen LogP contribution in [0.3, 0.4) is 0 Å². The van der Waals surface area contributed by atoms with Crippen molar-refractivity contribution in [3.05, 3.63) is 11.5 Å². The summed E-state index contributed by atoms with van der Waals surface area (Å²) >= 11 is 3.78. The van der Waals surface area contributed by atoms with E-state index in [0.717, 1.165) is 0 Å². The largest absolute Gasteiger partial charge is 0.481 e. The number of rotatable bonds is 5. The maximum Gasteiger partial charge on any atom is 0.310 e. The topological polar surface area (TPSA) is 54.4 Å². The zero-order chi connectivity index (χ0) is 8.69. The summed E-state index contributed by atoms with van der Waals surface area (Å²) in [5, 5.41) is 9.72. The third kappa shape index (κ3) is 7.12. The highest BCUT2D eigenvalue weighted by Crippen LogP contribution is 1.96. The van der Waals surface area contributed by atoms with Crippen LogP contribution in [0.5, 0.6) is 0 Å². The van der Waals surface area contributed by atoms with Crippen LogP contribution in [0.1, 0.15) is 19.3 Å². The summed E-state index contributed by atoms with van der Waals surface area (Å²) in [5.74, 6) is -1.31. The van der Waals surface area contributed by atoms with Crippen molar-refractivity contribution < 1.29 is 14.7 Å². The molecule has 62 valence electrons. The highest BCUT2D eigenvalue weighted by molar-refractivity contribution is 7.83. The van der Waals surface area contributed by atoms with E-state index in [9.17, 15) is 9.59 Å². The maximum absolute atomic E-state index is 10.7. The molecule has 0 spiro atoms. The summed E-state index contributed by atoms with van der Waals surface area (Å²) in [6.07, 6.45) is 2.18. The van der Waals surface area contributed by atoms with Gasteiger partial charge < -0.3 is 5.11 Å². The van der Waals surface area contributed by atoms with Crippen LogP contribution in [0.2, 0.25) is 0 Å². The minimum atomic E-state index is -1.06. The SMILES string of the molecule is O=C(O)CC(=O)CCC=CS. The van der Waals surface area contributed by atoms with Gasteiger partial charge in [0, 0.05) is 6.42 Å². The van der Waals surface area contributed by atoms with E-state index in [2.05, 4.69) is 12.6 Å². The van der Waals surface area contributed by atoms with Crippen molar-refractivity contribution in [2.75, 3.05) is 0 Å². The van der Waals surface area contributed by atoms with Crippen molar-refractivity contribution >= 4 is 24.4 Å². The van der Waals surface area contributed by atoms with Gasteiger partial charge in [0.25, 0.3) is 0 Å². The van der Waals surface area contributed by atoms with E-state index in [1.54, 1.807) is 6.08 Å². The summed E-state index contributed by atoms with van der Waals surface area (Å²) in [7, 11) is 0. The standard InChI is InChI=1S/C7H10O3S/c8-6(5-7(9)10)3-1-2-4-11/h2,4,11H,1,3,5H2,(H,9,10). The molecule has 0 bridgehead atoms. The number of ketones is 1. The van der Waals surface area contributed by atoms with Gasteiger partial charge in [-0.05, 0) is 11.8 Å². The van der Waals surface area contributed by atoms with Gasteiger partial charge in [0.15, 0.2) is 0 Å². The molecule has 3 nitrogen and oxygen atoms in total. The Morgan fingerprint density at radius 3 is 2.55 bits per heavy atom. The zero-order valence-corrected chi connectivity index (χ0v) is 6.88. The molecule has 0 saturated carbocycles. The van der Waals surface area contributed by atoms with Crippen LogP contribution in [0.15, 0.2) is 11.5 Å². The molecule has 0 atom stereocenters. The van der Waals surface area contributed by atoms with Crippen molar-refractivity contribution in [1.82, 2.24) is 0 Å². The number of carboxylic acid groups (broad SMARTS) is 1. The maximum atomic E-state index is 10.7. The van der Waals surface area contributed by atoms with Gasteiger partial charge in [-0.2, -0.15) is 12.6 Å². The summed E-state index contributed by atoms with van der Waals surface area (Å²) in [5.41, 5.74) is 0. The van der Waals surface area contributed by atoms with E-state index in [0.29, 0.717) is 6.42 Å². The van der Waals surface area contributed by atoms with Crippen LogP contribution in [-0.4, -0.2) is 16.9 Å². The molecule has 0 heterocycles. The Bertz CT molecular complexity index is 175. The van der Waals surface area contributed by atoms with Crippen molar-refractivity contribution in [3.63, 3.8) is 0 Å². The first-order valence-electron chi connectivity index (χ1n) is 3.19. The predicted molar refractivity (Wildman–Crippen MR) is 44.6 cm³/mol. The van der Waals surface area contributed by atoms with Crippen molar-refractivity contribution in [3.8, 4) is 0 Å². The zero-order valence-electron chi connectivity index (χ0n) is 5.99. The fraction of sp³-hybridized carbons (Fsp3) is 0.429. The van der Waals surface area contributed by atoms with Gasteiger partial charge >= 0.3 is 5.97 Å². The van der Waals surface area contributed by atoms with E-state index in [4.69, 9.17) is 5.11 Å². The third-order valence-corrected chi connectivity index (χ3v) is 1.25. The average Bonchev–Trinajstić information content (AvgIpc) is 1.86. The Morgan fingerprint density at radius 1 is 1.45 bits per heavy atom. The lowest BCUT2D eigenvalue weighted by Gasteiger charge is -1.91. The third-order valence-electron chi connectivity index (χ3n) is 1.04.